The minimum Gasteiger partial charge on any atom is -0.478 e. The van der Waals surface area contributed by atoms with Gasteiger partial charge in [-0.25, -0.2) is 4.79 Å². The second-order valence-corrected chi connectivity index (χ2v) is 4.01. The van der Waals surface area contributed by atoms with Gasteiger partial charge in [0.1, 0.15) is 0 Å². The molecule has 0 aromatic heterocycles. The number of hydrogen-bond acceptors (Lipinski definition) is 2. The number of ether oxygens (including phenoxy) is 1. The van der Waals surface area contributed by atoms with Crippen LogP contribution in [0.2, 0.25) is 5.02 Å². The van der Waals surface area contributed by atoms with Gasteiger partial charge >= 0.3 is 5.97 Å². The summed E-state index contributed by atoms with van der Waals surface area (Å²) in [5.74, 6) is -0.647. The van der Waals surface area contributed by atoms with E-state index in [0.29, 0.717) is 17.5 Å². The number of aromatic carboxylic acids is 1. The van der Waals surface area contributed by atoms with Crippen LogP contribution in [0.5, 0.6) is 0 Å². The molecule has 1 aromatic carbocycles. The molecular weight excluding hydrogens is 216 g/mol. The van der Waals surface area contributed by atoms with Crippen LogP contribution >= 0.6 is 11.6 Å². The van der Waals surface area contributed by atoms with Crippen molar-refractivity contribution in [3.63, 3.8) is 0 Å². The Morgan fingerprint density at radius 3 is 2.87 bits per heavy atom. The van der Waals surface area contributed by atoms with Crippen molar-refractivity contribution >= 4 is 17.6 Å². The van der Waals surface area contributed by atoms with Crippen molar-refractivity contribution in [2.45, 2.75) is 12.3 Å². The summed E-state index contributed by atoms with van der Waals surface area (Å²) in [4.78, 5) is 10.7. The first-order chi connectivity index (χ1) is 7.18. The molecule has 0 amide bonds. The normalized spacial score (nSPS) is 20.5. The van der Waals surface area contributed by atoms with Gasteiger partial charge in [-0.2, -0.15) is 0 Å². The number of halogens is 1. The maximum absolute atomic E-state index is 10.7. The van der Waals surface area contributed by atoms with Crippen LogP contribution in [0, 0.1) is 0 Å². The maximum atomic E-state index is 10.7. The van der Waals surface area contributed by atoms with Crippen molar-refractivity contribution in [1.82, 2.24) is 0 Å². The number of carboxylic acid groups (broad SMARTS) is 1. The molecule has 15 heavy (non-hydrogen) atoms. The summed E-state index contributed by atoms with van der Waals surface area (Å²) < 4.78 is 5.27. The third kappa shape index (κ3) is 2.13. The van der Waals surface area contributed by atoms with Gasteiger partial charge in [-0.1, -0.05) is 17.7 Å². The van der Waals surface area contributed by atoms with Crippen molar-refractivity contribution in [1.29, 1.82) is 0 Å². The average Bonchev–Trinajstić information content (AvgIpc) is 2.70. The average molecular weight is 227 g/mol. The number of rotatable bonds is 2. The Kier molecular flexibility index (Phi) is 2.93. The Morgan fingerprint density at radius 2 is 2.33 bits per heavy atom. The molecule has 0 aliphatic carbocycles. The Bertz CT molecular complexity index is 383. The van der Waals surface area contributed by atoms with Crippen LogP contribution in [-0.4, -0.2) is 24.3 Å². The van der Waals surface area contributed by atoms with E-state index in [2.05, 4.69) is 0 Å². The monoisotopic (exact) mass is 226 g/mol. The van der Waals surface area contributed by atoms with Crippen molar-refractivity contribution in [2.24, 2.45) is 0 Å². The predicted molar refractivity (Wildman–Crippen MR) is 56.6 cm³/mol. The van der Waals surface area contributed by atoms with E-state index in [4.69, 9.17) is 21.4 Å². The summed E-state index contributed by atoms with van der Waals surface area (Å²) in [6.45, 7) is 1.42. The van der Waals surface area contributed by atoms with Crippen LogP contribution in [0.25, 0.3) is 0 Å². The van der Waals surface area contributed by atoms with Gasteiger partial charge < -0.3 is 9.84 Å². The molecule has 0 saturated carbocycles. The Hall–Kier alpha value is -1.06. The van der Waals surface area contributed by atoms with Crippen molar-refractivity contribution in [2.75, 3.05) is 13.2 Å². The van der Waals surface area contributed by atoms with E-state index in [1.54, 1.807) is 12.1 Å². The third-order valence-corrected chi connectivity index (χ3v) is 2.94. The first kappa shape index (κ1) is 10.5. The largest absolute Gasteiger partial charge is 0.478 e. The van der Waals surface area contributed by atoms with Crippen LogP contribution in [0.15, 0.2) is 18.2 Å². The summed E-state index contributed by atoms with van der Waals surface area (Å²) in [6.07, 6.45) is 0.951. The first-order valence-corrected chi connectivity index (χ1v) is 5.17. The molecule has 0 radical (unpaired) electrons. The van der Waals surface area contributed by atoms with E-state index >= 15 is 0 Å². The van der Waals surface area contributed by atoms with E-state index in [1.807, 2.05) is 0 Å². The van der Waals surface area contributed by atoms with Crippen LogP contribution in [0.3, 0.4) is 0 Å². The zero-order valence-electron chi connectivity index (χ0n) is 8.07. The van der Waals surface area contributed by atoms with Gasteiger partial charge in [0.2, 0.25) is 0 Å². The lowest BCUT2D eigenvalue weighted by atomic mass is 9.97. The van der Waals surface area contributed by atoms with Crippen LogP contribution in [0.1, 0.15) is 28.3 Å². The standard InChI is InChI=1S/C11H11ClO3/c12-10-5-7(11(13)14)1-2-9(10)8-3-4-15-6-8/h1-2,5,8H,3-4,6H2,(H,13,14). The second-order valence-electron chi connectivity index (χ2n) is 3.60. The van der Waals surface area contributed by atoms with Crippen LogP contribution in [-0.2, 0) is 4.74 Å². The highest BCUT2D eigenvalue weighted by Gasteiger charge is 2.20. The summed E-state index contributed by atoms with van der Waals surface area (Å²) in [5.41, 5.74) is 1.21. The van der Waals surface area contributed by atoms with Crippen molar-refractivity contribution in [3.05, 3.63) is 34.3 Å². The first-order valence-electron chi connectivity index (χ1n) is 4.79. The second kappa shape index (κ2) is 4.21. The van der Waals surface area contributed by atoms with Crippen molar-refractivity contribution < 1.29 is 14.6 Å². The molecular formula is C11H11ClO3. The highest BCUT2D eigenvalue weighted by atomic mass is 35.5. The Labute approximate surface area is 92.6 Å². The molecule has 0 bridgehead atoms. The summed E-state index contributed by atoms with van der Waals surface area (Å²) in [6, 6.07) is 4.87. The van der Waals surface area contributed by atoms with Crippen LogP contribution in [0.4, 0.5) is 0 Å². The highest BCUT2D eigenvalue weighted by Crippen LogP contribution is 2.31. The van der Waals surface area contributed by atoms with E-state index in [9.17, 15) is 4.79 Å². The lowest BCUT2D eigenvalue weighted by molar-refractivity contribution is 0.0697. The van der Waals surface area contributed by atoms with Gasteiger partial charge in [-0.3, -0.25) is 0 Å². The van der Waals surface area contributed by atoms with Crippen LogP contribution < -0.4 is 0 Å². The molecule has 1 unspecified atom stereocenters. The minimum absolute atomic E-state index is 0.225. The SMILES string of the molecule is O=C(O)c1ccc(C2CCOC2)c(Cl)c1. The molecule has 1 heterocycles. The number of benzene rings is 1. The number of carboxylic acids is 1. The maximum Gasteiger partial charge on any atom is 0.335 e. The molecule has 1 atom stereocenters. The smallest absolute Gasteiger partial charge is 0.335 e. The fourth-order valence-electron chi connectivity index (χ4n) is 1.77. The predicted octanol–water partition coefficient (Wildman–Crippen LogP) is 2.54. The fraction of sp³-hybridized carbons (Fsp3) is 0.364. The molecule has 1 aliphatic rings. The molecule has 80 valence electrons. The lowest BCUT2D eigenvalue weighted by Crippen LogP contribution is -2.01. The molecule has 3 nitrogen and oxygen atoms in total. The lowest BCUT2D eigenvalue weighted by Gasteiger charge is -2.10. The molecule has 2 rings (SSSR count). The molecule has 1 aliphatic heterocycles. The zero-order chi connectivity index (χ0) is 10.8. The highest BCUT2D eigenvalue weighted by molar-refractivity contribution is 6.31. The van der Waals surface area contributed by atoms with Crippen molar-refractivity contribution in [3.8, 4) is 0 Å². The summed E-state index contributed by atoms with van der Waals surface area (Å²) in [5, 5.41) is 9.30. The summed E-state index contributed by atoms with van der Waals surface area (Å²) in [7, 11) is 0. The molecule has 1 aromatic rings. The number of hydrogen-bond donors (Lipinski definition) is 1. The molecule has 0 spiro atoms. The van der Waals surface area contributed by atoms with E-state index < -0.39 is 5.97 Å². The fourth-order valence-corrected chi connectivity index (χ4v) is 2.11. The van der Waals surface area contributed by atoms with Gasteiger partial charge in [0.05, 0.1) is 12.2 Å². The Morgan fingerprint density at radius 1 is 1.53 bits per heavy atom. The number of carbonyl (C=O) groups is 1. The van der Waals surface area contributed by atoms with Gasteiger partial charge in [0, 0.05) is 17.5 Å². The van der Waals surface area contributed by atoms with Gasteiger partial charge in [0.25, 0.3) is 0 Å². The van der Waals surface area contributed by atoms with E-state index in [1.165, 1.54) is 6.07 Å². The minimum atomic E-state index is -0.953. The molecule has 1 saturated heterocycles. The van der Waals surface area contributed by atoms with E-state index in [-0.39, 0.29) is 5.56 Å². The van der Waals surface area contributed by atoms with Gasteiger partial charge in [0.15, 0.2) is 0 Å². The topological polar surface area (TPSA) is 46.5 Å². The van der Waals surface area contributed by atoms with E-state index in [0.717, 1.165) is 18.6 Å². The quantitative estimate of drug-likeness (QED) is 0.843. The Balaban J connectivity index is 2.29. The van der Waals surface area contributed by atoms with Gasteiger partial charge in [-0.15, -0.1) is 0 Å². The molecule has 1 N–H and O–H groups in total. The zero-order valence-corrected chi connectivity index (χ0v) is 8.83. The molecule has 4 heteroatoms. The summed E-state index contributed by atoms with van der Waals surface area (Å²) >= 11 is 6.03. The van der Waals surface area contributed by atoms with Gasteiger partial charge in [-0.05, 0) is 24.1 Å². The molecule has 1 fully saturated rings. The third-order valence-electron chi connectivity index (χ3n) is 2.62.